The lowest BCUT2D eigenvalue weighted by molar-refractivity contribution is -0.112. The Kier molecular flexibility index (Phi) is 5.09. The van der Waals surface area contributed by atoms with Gasteiger partial charge in [0, 0.05) is 4.90 Å². The van der Waals surface area contributed by atoms with Crippen LogP contribution in [0.3, 0.4) is 0 Å². The molecule has 0 bridgehead atoms. The van der Waals surface area contributed by atoms with Gasteiger partial charge < -0.3 is 14.8 Å². The summed E-state index contributed by atoms with van der Waals surface area (Å²) in [5.41, 5.74) is 2.07. The zero-order chi connectivity index (χ0) is 17.8. The van der Waals surface area contributed by atoms with Crippen LogP contribution in [-0.2, 0) is 9.53 Å². The number of benzene rings is 2. The summed E-state index contributed by atoms with van der Waals surface area (Å²) in [5.74, 6) is 0.228. The predicted molar refractivity (Wildman–Crippen MR) is 97.9 cm³/mol. The van der Waals surface area contributed by atoms with Gasteiger partial charge in [-0.15, -0.1) is 0 Å². The van der Waals surface area contributed by atoms with Gasteiger partial charge in [0.15, 0.2) is 0 Å². The minimum absolute atomic E-state index is 0.154. The van der Waals surface area contributed by atoms with Crippen molar-refractivity contribution in [2.45, 2.75) is 11.8 Å². The van der Waals surface area contributed by atoms with E-state index in [1.54, 1.807) is 30.3 Å². The summed E-state index contributed by atoms with van der Waals surface area (Å²) in [6.07, 6.45) is 1.79. The van der Waals surface area contributed by atoms with Crippen LogP contribution < -0.4 is 10.1 Å². The number of carbonyl (C=O) groups excluding carboxylic acids is 2. The van der Waals surface area contributed by atoms with Gasteiger partial charge in [-0.3, -0.25) is 4.79 Å². The molecule has 25 heavy (non-hydrogen) atoms. The number of esters is 1. The van der Waals surface area contributed by atoms with Crippen LogP contribution in [0.5, 0.6) is 5.75 Å². The summed E-state index contributed by atoms with van der Waals surface area (Å²) in [6.45, 7) is 2.52. The maximum absolute atomic E-state index is 12.3. The molecule has 2 aromatic carbocycles. The number of hydrogen-bond acceptors (Lipinski definition) is 5. The molecule has 0 fully saturated rings. The van der Waals surface area contributed by atoms with E-state index in [4.69, 9.17) is 4.74 Å². The van der Waals surface area contributed by atoms with E-state index < -0.39 is 0 Å². The zero-order valence-corrected chi connectivity index (χ0v) is 14.7. The van der Waals surface area contributed by atoms with Gasteiger partial charge in [-0.1, -0.05) is 23.9 Å². The Labute approximate surface area is 150 Å². The van der Waals surface area contributed by atoms with Crippen LogP contribution in [0.1, 0.15) is 22.8 Å². The molecular formula is C19H17NO4S. The fourth-order valence-electron chi connectivity index (χ4n) is 2.38. The molecule has 1 aliphatic rings. The zero-order valence-electron chi connectivity index (χ0n) is 13.9. The van der Waals surface area contributed by atoms with Crippen LogP contribution in [-0.4, -0.2) is 25.6 Å². The summed E-state index contributed by atoms with van der Waals surface area (Å²) in [5, 5.41) is 2.88. The number of methoxy groups -OCH3 is 1. The summed E-state index contributed by atoms with van der Waals surface area (Å²) < 4.78 is 10.2. The number of anilines is 1. The second-order valence-corrected chi connectivity index (χ2v) is 6.35. The van der Waals surface area contributed by atoms with Crippen LogP contribution in [0.25, 0.3) is 6.08 Å². The van der Waals surface area contributed by atoms with Crippen molar-refractivity contribution in [2.75, 3.05) is 19.0 Å². The molecule has 0 radical (unpaired) electrons. The van der Waals surface area contributed by atoms with E-state index in [0.717, 1.165) is 21.9 Å². The number of thioether (sulfide) groups is 1. The number of carbonyl (C=O) groups is 2. The van der Waals surface area contributed by atoms with E-state index >= 15 is 0 Å². The Morgan fingerprint density at radius 1 is 1.20 bits per heavy atom. The summed E-state index contributed by atoms with van der Waals surface area (Å²) in [7, 11) is 1.34. The fourth-order valence-corrected chi connectivity index (χ4v) is 3.35. The van der Waals surface area contributed by atoms with E-state index in [0.29, 0.717) is 17.1 Å². The van der Waals surface area contributed by atoms with Gasteiger partial charge in [0.25, 0.3) is 5.91 Å². The van der Waals surface area contributed by atoms with Crippen molar-refractivity contribution >= 4 is 35.4 Å². The first-order valence-electron chi connectivity index (χ1n) is 7.77. The highest BCUT2D eigenvalue weighted by Crippen LogP contribution is 2.40. The Morgan fingerprint density at radius 3 is 2.64 bits per heavy atom. The fraction of sp³-hybridized carbons (Fsp3) is 0.158. The van der Waals surface area contributed by atoms with Crippen LogP contribution in [0, 0.1) is 0 Å². The molecule has 0 aromatic heterocycles. The number of nitrogens with one attached hydrogen (secondary N) is 1. The highest BCUT2D eigenvalue weighted by Gasteiger charge is 2.21. The smallest absolute Gasteiger partial charge is 0.337 e. The third-order valence-electron chi connectivity index (χ3n) is 3.59. The standard InChI is InChI=1S/C19H17NO4S/c1-3-24-14-8-9-15-16(11-14)25-17(18(21)20-15)10-12-4-6-13(7-5-12)19(22)23-2/h4-11H,3H2,1-2H3,(H,20,21)/b17-10+. The van der Waals surface area contributed by atoms with Crippen molar-refractivity contribution in [3.8, 4) is 5.75 Å². The first-order chi connectivity index (χ1) is 12.1. The van der Waals surface area contributed by atoms with Crippen molar-refractivity contribution in [3.63, 3.8) is 0 Å². The third-order valence-corrected chi connectivity index (χ3v) is 4.67. The van der Waals surface area contributed by atoms with Crippen molar-refractivity contribution in [1.82, 2.24) is 0 Å². The van der Waals surface area contributed by atoms with Crippen LogP contribution in [0.15, 0.2) is 52.3 Å². The van der Waals surface area contributed by atoms with Crippen LogP contribution in [0.2, 0.25) is 0 Å². The topological polar surface area (TPSA) is 64.6 Å². The van der Waals surface area contributed by atoms with Gasteiger partial charge in [-0.2, -0.15) is 0 Å². The molecule has 1 heterocycles. The quantitative estimate of drug-likeness (QED) is 0.664. The van der Waals surface area contributed by atoms with Gasteiger partial charge in [0.1, 0.15) is 5.75 Å². The maximum Gasteiger partial charge on any atom is 0.337 e. The lowest BCUT2D eigenvalue weighted by Crippen LogP contribution is -2.17. The van der Waals surface area contributed by atoms with Crippen LogP contribution in [0.4, 0.5) is 5.69 Å². The summed E-state index contributed by atoms with van der Waals surface area (Å²) in [6, 6.07) is 12.5. The second-order valence-electron chi connectivity index (χ2n) is 5.27. The molecule has 0 aliphatic carbocycles. The predicted octanol–water partition coefficient (Wildman–Crippen LogP) is 3.96. The van der Waals surface area contributed by atoms with Crippen LogP contribution >= 0.6 is 11.8 Å². The van der Waals surface area contributed by atoms with Gasteiger partial charge in [-0.25, -0.2) is 4.79 Å². The average Bonchev–Trinajstić information content (AvgIpc) is 2.63. The monoisotopic (exact) mass is 355 g/mol. The second kappa shape index (κ2) is 7.44. The summed E-state index contributed by atoms with van der Waals surface area (Å²) in [4.78, 5) is 25.3. The molecule has 1 N–H and O–H groups in total. The number of rotatable bonds is 4. The lowest BCUT2D eigenvalue weighted by atomic mass is 10.1. The lowest BCUT2D eigenvalue weighted by Gasteiger charge is -2.19. The Bertz CT molecular complexity index is 843. The molecule has 0 unspecified atom stereocenters. The summed E-state index contributed by atoms with van der Waals surface area (Å²) >= 11 is 1.39. The molecule has 0 saturated heterocycles. The minimum atomic E-state index is -0.388. The largest absolute Gasteiger partial charge is 0.494 e. The molecule has 128 valence electrons. The molecule has 0 saturated carbocycles. The van der Waals surface area contributed by atoms with E-state index in [2.05, 4.69) is 10.1 Å². The van der Waals surface area contributed by atoms with E-state index in [9.17, 15) is 9.59 Å². The molecule has 6 heteroatoms. The Hall–Kier alpha value is -2.73. The first-order valence-corrected chi connectivity index (χ1v) is 8.58. The van der Waals surface area contributed by atoms with Crippen molar-refractivity contribution in [2.24, 2.45) is 0 Å². The molecule has 2 aromatic rings. The van der Waals surface area contributed by atoms with Crippen molar-refractivity contribution < 1.29 is 19.1 Å². The number of ether oxygens (including phenoxy) is 2. The highest BCUT2D eigenvalue weighted by molar-refractivity contribution is 8.04. The molecule has 0 atom stereocenters. The SMILES string of the molecule is CCOc1ccc2c(c1)S/C(=C/c1ccc(C(=O)OC)cc1)C(=O)N2. The molecule has 1 aliphatic heterocycles. The molecule has 0 spiro atoms. The Balaban J connectivity index is 1.85. The normalized spacial score (nSPS) is 14.6. The van der Waals surface area contributed by atoms with E-state index in [-0.39, 0.29) is 11.9 Å². The third kappa shape index (κ3) is 3.85. The van der Waals surface area contributed by atoms with E-state index in [1.807, 2.05) is 25.1 Å². The maximum atomic E-state index is 12.3. The van der Waals surface area contributed by atoms with Gasteiger partial charge in [0.05, 0.1) is 29.9 Å². The molecule has 5 nitrogen and oxygen atoms in total. The highest BCUT2D eigenvalue weighted by atomic mass is 32.2. The number of hydrogen-bond donors (Lipinski definition) is 1. The molecule has 1 amide bonds. The van der Waals surface area contributed by atoms with Gasteiger partial charge in [0.2, 0.25) is 0 Å². The molecular weight excluding hydrogens is 338 g/mol. The van der Waals surface area contributed by atoms with Crippen molar-refractivity contribution in [1.29, 1.82) is 0 Å². The first kappa shape index (κ1) is 17.1. The minimum Gasteiger partial charge on any atom is -0.494 e. The molecule has 3 rings (SSSR count). The Morgan fingerprint density at radius 2 is 1.96 bits per heavy atom. The number of fused-ring (bicyclic) bond motifs is 1. The van der Waals surface area contributed by atoms with E-state index in [1.165, 1.54) is 18.9 Å². The van der Waals surface area contributed by atoms with Gasteiger partial charge >= 0.3 is 5.97 Å². The van der Waals surface area contributed by atoms with Crippen molar-refractivity contribution in [3.05, 3.63) is 58.5 Å². The number of amides is 1. The average molecular weight is 355 g/mol. The van der Waals surface area contributed by atoms with Gasteiger partial charge in [-0.05, 0) is 48.9 Å².